The Morgan fingerprint density at radius 1 is 1.00 bits per heavy atom. The molecule has 0 fully saturated rings. The first-order valence-corrected chi connectivity index (χ1v) is 8.19. The average molecular weight is 348 g/mol. The third-order valence-corrected chi connectivity index (χ3v) is 3.66. The molecule has 0 aliphatic rings. The van der Waals surface area contributed by atoms with Crippen molar-refractivity contribution in [3.05, 3.63) is 78.1 Å². The van der Waals surface area contributed by atoms with Gasteiger partial charge >= 0.3 is 0 Å². The van der Waals surface area contributed by atoms with E-state index in [1.54, 1.807) is 41.6 Å². The summed E-state index contributed by atoms with van der Waals surface area (Å²) in [4.78, 5) is 22.4. The van der Waals surface area contributed by atoms with Crippen LogP contribution >= 0.6 is 0 Å². The summed E-state index contributed by atoms with van der Waals surface area (Å²) in [5.41, 5.74) is 2.18. The minimum absolute atomic E-state index is 0.221. The Hall–Kier alpha value is -3.41. The quantitative estimate of drug-likeness (QED) is 0.740. The molecule has 0 radical (unpaired) electrons. The molecule has 0 saturated carbocycles. The van der Waals surface area contributed by atoms with Crippen molar-refractivity contribution < 1.29 is 9.53 Å². The molecule has 0 bridgehead atoms. The van der Waals surface area contributed by atoms with Crippen molar-refractivity contribution in [2.45, 2.75) is 6.61 Å². The fraction of sp³-hybridized carbons (Fsp3) is 0.150. The maximum absolute atomic E-state index is 12.3. The molecule has 0 saturated heterocycles. The van der Waals surface area contributed by atoms with Crippen LogP contribution in [0.1, 0.15) is 15.9 Å². The van der Waals surface area contributed by atoms with Crippen molar-refractivity contribution in [2.75, 3.05) is 24.3 Å². The van der Waals surface area contributed by atoms with Crippen LogP contribution in [0, 0.1) is 0 Å². The Balaban J connectivity index is 1.58. The summed E-state index contributed by atoms with van der Waals surface area (Å²) in [7, 11) is 3.71. The molecule has 2 aromatic carbocycles. The Bertz CT molecular complexity index is 847. The van der Waals surface area contributed by atoms with Crippen molar-refractivity contribution in [3.8, 4) is 5.75 Å². The van der Waals surface area contributed by atoms with Crippen LogP contribution in [0.4, 0.5) is 11.6 Å². The minimum Gasteiger partial charge on any atom is -0.489 e. The predicted octanol–water partition coefficient (Wildman–Crippen LogP) is 3.37. The largest absolute Gasteiger partial charge is 0.489 e. The van der Waals surface area contributed by atoms with E-state index in [-0.39, 0.29) is 5.91 Å². The topological polar surface area (TPSA) is 67.4 Å². The molecule has 0 atom stereocenters. The zero-order valence-corrected chi connectivity index (χ0v) is 14.7. The molecule has 3 aromatic rings. The molecule has 0 aliphatic heterocycles. The first kappa shape index (κ1) is 17.4. The fourth-order valence-corrected chi connectivity index (χ4v) is 2.26. The molecule has 132 valence electrons. The smallest absolute Gasteiger partial charge is 0.255 e. The van der Waals surface area contributed by atoms with E-state index in [4.69, 9.17) is 4.74 Å². The molecule has 6 heteroatoms. The van der Waals surface area contributed by atoms with Gasteiger partial charge in [0.25, 0.3) is 5.91 Å². The number of hydrogen-bond acceptors (Lipinski definition) is 5. The lowest BCUT2D eigenvalue weighted by Gasteiger charge is -2.10. The van der Waals surface area contributed by atoms with Gasteiger partial charge in [0.05, 0.1) is 18.1 Å². The number of rotatable bonds is 6. The van der Waals surface area contributed by atoms with Crippen molar-refractivity contribution in [3.63, 3.8) is 0 Å². The highest BCUT2D eigenvalue weighted by Crippen LogP contribution is 2.16. The molecule has 1 heterocycles. The summed E-state index contributed by atoms with van der Waals surface area (Å²) in [6.07, 6.45) is 3.16. The van der Waals surface area contributed by atoms with E-state index in [9.17, 15) is 4.79 Å². The van der Waals surface area contributed by atoms with E-state index in [1.165, 1.54) is 0 Å². The lowest BCUT2D eigenvalue weighted by Crippen LogP contribution is -2.15. The second kappa shape index (κ2) is 8.11. The Morgan fingerprint density at radius 3 is 2.27 bits per heavy atom. The highest BCUT2D eigenvalue weighted by molar-refractivity contribution is 6.04. The van der Waals surface area contributed by atoms with Gasteiger partial charge in [-0.3, -0.25) is 4.79 Å². The van der Waals surface area contributed by atoms with Crippen LogP contribution in [0.2, 0.25) is 0 Å². The summed E-state index contributed by atoms with van der Waals surface area (Å²) in [5.74, 6) is 1.08. The number of carbonyl (C=O) groups excluding carboxylic acids is 1. The maximum atomic E-state index is 12.3. The van der Waals surface area contributed by atoms with Crippen molar-refractivity contribution in [1.29, 1.82) is 0 Å². The second-order valence-electron chi connectivity index (χ2n) is 5.92. The molecule has 0 unspecified atom stereocenters. The molecule has 26 heavy (non-hydrogen) atoms. The summed E-state index contributed by atoms with van der Waals surface area (Å²) >= 11 is 0. The fourth-order valence-electron chi connectivity index (χ4n) is 2.26. The van der Waals surface area contributed by atoms with E-state index < -0.39 is 0 Å². The van der Waals surface area contributed by atoms with Gasteiger partial charge in [-0.1, -0.05) is 30.3 Å². The van der Waals surface area contributed by atoms with E-state index >= 15 is 0 Å². The first-order chi connectivity index (χ1) is 12.6. The van der Waals surface area contributed by atoms with Crippen LogP contribution in [-0.2, 0) is 6.61 Å². The van der Waals surface area contributed by atoms with Gasteiger partial charge in [0.2, 0.25) is 5.95 Å². The number of nitrogens with zero attached hydrogens (tertiary/aromatic N) is 3. The molecule has 1 aromatic heterocycles. The lowest BCUT2D eigenvalue weighted by molar-refractivity contribution is 0.102. The van der Waals surface area contributed by atoms with Gasteiger partial charge in [-0.05, 0) is 29.8 Å². The van der Waals surface area contributed by atoms with Crippen molar-refractivity contribution >= 4 is 17.5 Å². The van der Waals surface area contributed by atoms with E-state index in [1.807, 2.05) is 44.4 Å². The lowest BCUT2D eigenvalue weighted by atomic mass is 10.2. The number of hydrogen-bond donors (Lipinski definition) is 1. The summed E-state index contributed by atoms with van der Waals surface area (Å²) in [5, 5.41) is 2.78. The number of aromatic nitrogens is 2. The van der Waals surface area contributed by atoms with Crippen molar-refractivity contribution in [2.24, 2.45) is 0 Å². The number of ether oxygens (including phenoxy) is 1. The van der Waals surface area contributed by atoms with Gasteiger partial charge in [0.15, 0.2) is 0 Å². The van der Waals surface area contributed by atoms with Crippen LogP contribution in [-0.4, -0.2) is 30.0 Å². The highest BCUT2D eigenvalue weighted by Gasteiger charge is 2.08. The summed E-state index contributed by atoms with van der Waals surface area (Å²) in [6, 6.07) is 16.9. The number of amides is 1. The second-order valence-corrected chi connectivity index (χ2v) is 5.92. The van der Waals surface area contributed by atoms with Gasteiger partial charge in [-0.25, -0.2) is 9.97 Å². The Morgan fingerprint density at radius 2 is 1.65 bits per heavy atom. The van der Waals surface area contributed by atoms with E-state index in [0.717, 1.165) is 5.56 Å². The third-order valence-electron chi connectivity index (χ3n) is 3.66. The molecule has 3 rings (SSSR count). The van der Waals surface area contributed by atoms with E-state index in [0.29, 0.717) is 29.6 Å². The summed E-state index contributed by atoms with van der Waals surface area (Å²) in [6.45, 7) is 0.488. The number of benzene rings is 2. The number of anilines is 2. The highest BCUT2D eigenvalue weighted by atomic mass is 16.5. The Labute approximate surface area is 152 Å². The minimum atomic E-state index is -0.221. The van der Waals surface area contributed by atoms with E-state index in [2.05, 4.69) is 15.3 Å². The SMILES string of the molecule is CN(C)c1ncc(NC(=O)c2ccc(OCc3ccccc3)cc2)cn1. The van der Waals surface area contributed by atoms with Gasteiger partial charge in [-0.2, -0.15) is 0 Å². The molecule has 6 nitrogen and oxygen atoms in total. The number of carbonyl (C=O) groups is 1. The number of nitrogens with one attached hydrogen (secondary N) is 1. The van der Waals surface area contributed by atoms with Gasteiger partial charge < -0.3 is 15.0 Å². The third kappa shape index (κ3) is 4.57. The van der Waals surface area contributed by atoms with Crippen molar-refractivity contribution in [1.82, 2.24) is 9.97 Å². The average Bonchev–Trinajstić information content (AvgIpc) is 2.68. The Kier molecular flexibility index (Phi) is 5.43. The molecular weight excluding hydrogens is 328 g/mol. The predicted molar refractivity (Wildman–Crippen MR) is 102 cm³/mol. The normalized spacial score (nSPS) is 10.2. The van der Waals surface area contributed by atoms with Crippen LogP contribution in [0.5, 0.6) is 5.75 Å². The molecule has 1 N–H and O–H groups in total. The standard InChI is InChI=1S/C20H20N4O2/c1-24(2)20-21-12-17(13-22-20)23-19(25)16-8-10-18(11-9-16)26-14-15-6-4-3-5-7-15/h3-13H,14H2,1-2H3,(H,23,25). The molecular formula is C20H20N4O2. The summed E-state index contributed by atoms with van der Waals surface area (Å²) < 4.78 is 5.72. The molecule has 0 aliphatic carbocycles. The maximum Gasteiger partial charge on any atom is 0.255 e. The monoisotopic (exact) mass is 348 g/mol. The van der Waals surface area contributed by atoms with Gasteiger partial charge in [0.1, 0.15) is 12.4 Å². The van der Waals surface area contributed by atoms with Crippen LogP contribution in [0.3, 0.4) is 0 Å². The van der Waals surface area contributed by atoms with Crippen LogP contribution in [0.15, 0.2) is 67.0 Å². The zero-order valence-electron chi connectivity index (χ0n) is 14.7. The zero-order chi connectivity index (χ0) is 18.4. The van der Waals surface area contributed by atoms with Gasteiger partial charge in [0, 0.05) is 19.7 Å². The van der Waals surface area contributed by atoms with Gasteiger partial charge in [-0.15, -0.1) is 0 Å². The molecule has 1 amide bonds. The van der Waals surface area contributed by atoms with Crippen LogP contribution < -0.4 is 15.0 Å². The first-order valence-electron chi connectivity index (χ1n) is 8.19. The van der Waals surface area contributed by atoms with Crippen LogP contribution in [0.25, 0.3) is 0 Å². The molecule has 0 spiro atoms.